The van der Waals surface area contributed by atoms with Crippen molar-refractivity contribution in [1.29, 1.82) is 0 Å². The van der Waals surface area contributed by atoms with Crippen LogP contribution in [0.5, 0.6) is 0 Å². The van der Waals surface area contributed by atoms with Crippen LogP contribution < -0.4 is 5.32 Å². The summed E-state index contributed by atoms with van der Waals surface area (Å²) >= 11 is 1.53. The number of hydrogen-bond acceptors (Lipinski definition) is 4. The van der Waals surface area contributed by atoms with E-state index in [1.165, 1.54) is 11.8 Å². The van der Waals surface area contributed by atoms with Crippen LogP contribution in [0.15, 0.2) is 0 Å². The molecule has 0 aromatic carbocycles. The molecule has 90 valence electrons. The third kappa shape index (κ3) is 2.52. The van der Waals surface area contributed by atoms with Gasteiger partial charge in [-0.05, 0) is 12.7 Å². The number of carbonyl (C=O) groups excluding carboxylic acids is 3. The zero-order valence-corrected chi connectivity index (χ0v) is 9.84. The predicted octanol–water partition coefficient (Wildman–Crippen LogP) is 0.544. The Bertz CT molecular complexity index is 324. The molecule has 0 aromatic heterocycles. The lowest BCUT2D eigenvalue weighted by Gasteiger charge is -2.31. The number of barbiturate groups is 1. The number of nitrogens with one attached hydrogen (secondary N) is 1. The molecule has 1 heterocycles. The summed E-state index contributed by atoms with van der Waals surface area (Å²) in [5.74, 6) is -0.887. The third-order valence-electron chi connectivity index (χ3n) is 2.14. The molecule has 2 atom stereocenters. The summed E-state index contributed by atoms with van der Waals surface area (Å²) in [7, 11) is 0. The van der Waals surface area contributed by atoms with Gasteiger partial charge < -0.3 is 0 Å². The minimum Gasteiger partial charge on any atom is -0.275 e. The topological polar surface area (TPSA) is 66.5 Å². The first-order chi connectivity index (χ1) is 7.49. The van der Waals surface area contributed by atoms with E-state index in [2.05, 4.69) is 0 Å². The Morgan fingerprint density at radius 3 is 2.69 bits per heavy atom. The van der Waals surface area contributed by atoms with E-state index in [1.807, 2.05) is 12.2 Å². The molecule has 1 N–H and O–H groups in total. The Hall–Kier alpha value is -1.11. The first kappa shape index (κ1) is 13.0. The van der Waals surface area contributed by atoms with E-state index in [0.29, 0.717) is 5.75 Å². The number of urea groups is 1. The zero-order chi connectivity index (χ0) is 12.3. The Labute approximate surface area is 96.7 Å². The van der Waals surface area contributed by atoms with Crippen LogP contribution in [-0.4, -0.2) is 46.5 Å². The lowest BCUT2D eigenvalue weighted by Crippen LogP contribution is -2.61. The highest BCUT2D eigenvalue weighted by molar-refractivity contribution is 7.99. The van der Waals surface area contributed by atoms with E-state index in [1.54, 1.807) is 6.92 Å². The minimum atomic E-state index is -2.27. The molecule has 0 aromatic rings. The maximum Gasteiger partial charge on any atom is 0.331 e. The van der Waals surface area contributed by atoms with E-state index in [0.717, 1.165) is 10.7 Å². The molecule has 1 rings (SSSR count). The van der Waals surface area contributed by atoms with E-state index in [4.69, 9.17) is 0 Å². The summed E-state index contributed by atoms with van der Waals surface area (Å²) in [6, 6.07) is -1.27. The van der Waals surface area contributed by atoms with Crippen LogP contribution in [0.1, 0.15) is 13.8 Å². The third-order valence-corrected chi connectivity index (χ3v) is 3.26. The highest BCUT2D eigenvalue weighted by atomic mass is 32.2. The van der Waals surface area contributed by atoms with Gasteiger partial charge in [-0.25, -0.2) is 9.18 Å². The second-order valence-electron chi connectivity index (χ2n) is 3.37. The van der Waals surface area contributed by atoms with Crippen molar-refractivity contribution >= 4 is 29.6 Å². The fourth-order valence-electron chi connectivity index (χ4n) is 1.34. The number of halogens is 1. The molecule has 5 nitrogen and oxygen atoms in total. The summed E-state index contributed by atoms with van der Waals surface area (Å²) in [6.45, 7) is 3.58. The molecule has 0 radical (unpaired) electrons. The number of imide groups is 2. The molecule has 16 heavy (non-hydrogen) atoms. The largest absolute Gasteiger partial charge is 0.331 e. The van der Waals surface area contributed by atoms with Gasteiger partial charge in [0.2, 0.25) is 0 Å². The molecule has 7 heteroatoms. The molecular weight excluding hydrogens is 235 g/mol. The molecular formula is C9H13FN2O3S. The first-order valence-corrected chi connectivity index (χ1v) is 6.04. The molecule has 4 amide bonds. The van der Waals surface area contributed by atoms with Crippen molar-refractivity contribution in [1.82, 2.24) is 10.2 Å². The van der Waals surface area contributed by atoms with Crippen molar-refractivity contribution in [3.05, 3.63) is 0 Å². The highest BCUT2D eigenvalue weighted by Gasteiger charge is 2.42. The number of hydrogen-bond donors (Lipinski definition) is 1. The molecule has 0 bridgehead atoms. The van der Waals surface area contributed by atoms with E-state index in [9.17, 15) is 18.8 Å². The van der Waals surface area contributed by atoms with Crippen LogP contribution in [-0.2, 0) is 9.59 Å². The number of alkyl halides is 1. The number of rotatable bonds is 4. The van der Waals surface area contributed by atoms with Crippen molar-refractivity contribution in [3.8, 4) is 0 Å². The van der Waals surface area contributed by atoms with Gasteiger partial charge in [-0.2, -0.15) is 11.8 Å². The van der Waals surface area contributed by atoms with Crippen LogP contribution >= 0.6 is 11.8 Å². The van der Waals surface area contributed by atoms with Gasteiger partial charge in [-0.1, -0.05) is 6.92 Å². The second-order valence-corrected chi connectivity index (χ2v) is 4.69. The van der Waals surface area contributed by atoms with Gasteiger partial charge in [0.15, 0.2) is 0 Å². The Morgan fingerprint density at radius 2 is 2.12 bits per heavy atom. The molecule has 2 unspecified atom stereocenters. The summed E-state index contributed by atoms with van der Waals surface area (Å²) in [4.78, 5) is 34.4. The average Bonchev–Trinajstić information content (AvgIpc) is 2.23. The summed E-state index contributed by atoms with van der Waals surface area (Å²) in [6.07, 6.45) is -2.27. The van der Waals surface area contributed by atoms with Crippen molar-refractivity contribution < 1.29 is 18.8 Å². The zero-order valence-electron chi connectivity index (χ0n) is 9.03. The van der Waals surface area contributed by atoms with E-state index in [-0.39, 0.29) is 0 Å². The summed E-state index contributed by atoms with van der Waals surface area (Å²) in [5, 5.41) is 1.81. The van der Waals surface area contributed by atoms with Crippen LogP contribution in [0.2, 0.25) is 0 Å². The predicted molar refractivity (Wildman–Crippen MR) is 57.7 cm³/mol. The fraction of sp³-hybridized carbons (Fsp3) is 0.667. The molecule has 1 aliphatic rings. The van der Waals surface area contributed by atoms with Gasteiger partial charge in [-0.15, -0.1) is 0 Å². The Balaban J connectivity index is 2.74. The maximum atomic E-state index is 13.1. The number of amides is 4. The summed E-state index contributed by atoms with van der Waals surface area (Å²) < 4.78 is 13.1. The Kier molecular flexibility index (Phi) is 4.28. The second kappa shape index (κ2) is 5.29. The van der Waals surface area contributed by atoms with Gasteiger partial charge in [0.1, 0.15) is 0 Å². The highest BCUT2D eigenvalue weighted by Crippen LogP contribution is 2.14. The van der Waals surface area contributed by atoms with Gasteiger partial charge in [0.05, 0.1) is 0 Å². The maximum absolute atomic E-state index is 13.1. The quantitative estimate of drug-likeness (QED) is 0.738. The van der Waals surface area contributed by atoms with Crippen LogP contribution in [0.3, 0.4) is 0 Å². The van der Waals surface area contributed by atoms with Gasteiger partial charge in [-0.3, -0.25) is 19.8 Å². The van der Waals surface area contributed by atoms with Crippen LogP contribution in [0.25, 0.3) is 0 Å². The van der Waals surface area contributed by atoms with Crippen molar-refractivity contribution in [2.24, 2.45) is 0 Å². The molecule has 0 aliphatic carbocycles. The SMILES string of the molecule is CCSCC(C)N1C(=O)NC(=O)C(F)C1=O. The average molecular weight is 248 g/mol. The molecule has 0 spiro atoms. The number of nitrogens with zero attached hydrogens (tertiary/aromatic N) is 1. The van der Waals surface area contributed by atoms with E-state index < -0.39 is 30.1 Å². The van der Waals surface area contributed by atoms with E-state index >= 15 is 0 Å². The Morgan fingerprint density at radius 1 is 1.50 bits per heavy atom. The fourth-order valence-corrected chi connectivity index (χ4v) is 2.07. The number of carbonyl (C=O) groups is 3. The first-order valence-electron chi connectivity index (χ1n) is 4.88. The smallest absolute Gasteiger partial charge is 0.275 e. The normalized spacial score (nSPS) is 23.3. The molecule has 0 saturated carbocycles. The van der Waals surface area contributed by atoms with Gasteiger partial charge in [0.25, 0.3) is 18.0 Å². The monoisotopic (exact) mass is 248 g/mol. The molecule has 1 aliphatic heterocycles. The summed E-state index contributed by atoms with van der Waals surface area (Å²) in [5.41, 5.74) is 0. The van der Waals surface area contributed by atoms with Crippen LogP contribution in [0, 0.1) is 0 Å². The van der Waals surface area contributed by atoms with Gasteiger partial charge in [0, 0.05) is 11.8 Å². The standard InChI is InChI=1S/C9H13FN2O3S/c1-3-16-4-5(2)12-8(14)6(10)7(13)11-9(12)15/h5-6H,3-4H2,1-2H3,(H,11,13,15). The molecule has 1 fully saturated rings. The lowest BCUT2D eigenvalue weighted by molar-refractivity contribution is -0.144. The lowest BCUT2D eigenvalue weighted by atomic mass is 10.2. The van der Waals surface area contributed by atoms with Gasteiger partial charge >= 0.3 is 6.03 Å². The van der Waals surface area contributed by atoms with Crippen molar-refractivity contribution in [2.45, 2.75) is 26.1 Å². The number of thioether (sulfide) groups is 1. The van der Waals surface area contributed by atoms with Crippen molar-refractivity contribution in [2.75, 3.05) is 11.5 Å². The molecule has 1 saturated heterocycles. The minimum absolute atomic E-state index is 0.427. The van der Waals surface area contributed by atoms with Crippen molar-refractivity contribution in [3.63, 3.8) is 0 Å². The van der Waals surface area contributed by atoms with Crippen LogP contribution in [0.4, 0.5) is 9.18 Å².